The molecule has 0 radical (unpaired) electrons. The summed E-state index contributed by atoms with van der Waals surface area (Å²) in [6.07, 6.45) is 4.86. The Hall–Kier alpha value is -1.89. The topological polar surface area (TPSA) is 69.6 Å². The van der Waals surface area contributed by atoms with E-state index < -0.39 is 15.6 Å². The Morgan fingerprint density at radius 3 is 2.38 bits per heavy atom. The van der Waals surface area contributed by atoms with Crippen molar-refractivity contribution in [2.45, 2.75) is 49.5 Å². The molecule has 2 aromatic carbocycles. The smallest absolute Gasteiger partial charge is 0.229 e. The molecule has 172 valence electrons. The van der Waals surface area contributed by atoms with Gasteiger partial charge >= 0.3 is 0 Å². The number of aliphatic hydroxyl groups is 1. The highest BCUT2D eigenvalue weighted by Crippen LogP contribution is 2.65. The van der Waals surface area contributed by atoms with Crippen molar-refractivity contribution in [3.8, 4) is 0 Å². The second-order valence-corrected chi connectivity index (χ2v) is 12.1. The van der Waals surface area contributed by atoms with E-state index in [0.717, 1.165) is 45.3 Å². The molecule has 1 saturated heterocycles. The molecule has 32 heavy (non-hydrogen) atoms. The molecule has 2 unspecified atom stereocenters. The van der Waals surface area contributed by atoms with E-state index in [2.05, 4.69) is 46.9 Å². The normalized spacial score (nSPS) is 34.0. The maximum absolute atomic E-state index is 11.6. The first-order chi connectivity index (χ1) is 15.2. The fraction of sp³-hybridized carbons (Fsp3) is 0.538. The number of likely N-dealkylation sites (tertiary alicyclic amines) is 1. The van der Waals surface area contributed by atoms with Crippen LogP contribution in [0.2, 0.25) is 0 Å². The maximum atomic E-state index is 11.6. The minimum atomic E-state index is -3.28. The zero-order chi connectivity index (χ0) is 22.6. The molecule has 5 nitrogen and oxygen atoms in total. The van der Waals surface area contributed by atoms with Gasteiger partial charge in [-0.1, -0.05) is 49.4 Å². The zero-order valence-electron chi connectivity index (χ0n) is 19.0. The lowest BCUT2D eigenvalue weighted by atomic mass is 9.66. The van der Waals surface area contributed by atoms with Gasteiger partial charge in [-0.15, -0.1) is 0 Å². The fourth-order valence-corrected chi connectivity index (χ4v) is 7.19. The first-order valence-electron chi connectivity index (χ1n) is 11.8. The van der Waals surface area contributed by atoms with Crippen LogP contribution in [0.3, 0.4) is 0 Å². The van der Waals surface area contributed by atoms with Gasteiger partial charge in [0.15, 0.2) is 0 Å². The molecule has 1 heterocycles. The number of anilines is 1. The number of piperidine rings is 1. The van der Waals surface area contributed by atoms with E-state index in [1.807, 2.05) is 24.3 Å². The van der Waals surface area contributed by atoms with Crippen molar-refractivity contribution in [3.05, 3.63) is 65.7 Å². The highest BCUT2D eigenvalue weighted by molar-refractivity contribution is 7.92. The summed E-state index contributed by atoms with van der Waals surface area (Å²) < 4.78 is 25.9. The summed E-state index contributed by atoms with van der Waals surface area (Å²) in [5.41, 5.74) is 2.91. The summed E-state index contributed by atoms with van der Waals surface area (Å²) in [6, 6.07) is 18.5. The quantitative estimate of drug-likeness (QED) is 0.633. The minimum absolute atomic E-state index is 0.164. The maximum Gasteiger partial charge on any atom is 0.229 e. The predicted octanol–water partition coefficient (Wildman–Crippen LogP) is 3.97. The monoisotopic (exact) mass is 454 g/mol. The molecule has 3 fully saturated rings. The average Bonchev–Trinajstić information content (AvgIpc) is 3.12. The summed E-state index contributed by atoms with van der Waals surface area (Å²) in [5.74, 6) is 1.73. The Kier molecular flexibility index (Phi) is 5.38. The SMILES string of the molecule is CCC1(c2cccc(NS(C)(=O)=O)c2)C2CN(CCC3(O)CC(c4ccccc4)C3)CC21. The van der Waals surface area contributed by atoms with Crippen molar-refractivity contribution < 1.29 is 13.5 Å². The molecule has 0 spiro atoms. The van der Waals surface area contributed by atoms with Crippen LogP contribution in [0.5, 0.6) is 0 Å². The van der Waals surface area contributed by atoms with E-state index in [1.54, 1.807) is 0 Å². The van der Waals surface area contributed by atoms with Crippen LogP contribution in [0.25, 0.3) is 0 Å². The number of rotatable bonds is 8. The highest BCUT2D eigenvalue weighted by Gasteiger charge is 2.67. The summed E-state index contributed by atoms with van der Waals surface area (Å²) in [6.45, 7) is 5.35. The lowest BCUT2D eigenvalue weighted by Gasteiger charge is -2.45. The third kappa shape index (κ3) is 3.97. The Morgan fingerprint density at radius 2 is 1.75 bits per heavy atom. The average molecular weight is 455 g/mol. The van der Waals surface area contributed by atoms with Crippen LogP contribution in [-0.2, 0) is 15.4 Å². The van der Waals surface area contributed by atoms with Gasteiger partial charge in [-0.3, -0.25) is 4.72 Å². The van der Waals surface area contributed by atoms with Crippen LogP contribution in [-0.4, -0.2) is 49.9 Å². The van der Waals surface area contributed by atoms with E-state index in [4.69, 9.17) is 0 Å². The molecule has 2 aliphatic carbocycles. The Labute approximate surface area is 191 Å². The molecule has 0 amide bonds. The van der Waals surface area contributed by atoms with Crippen molar-refractivity contribution in [2.75, 3.05) is 30.6 Å². The number of fused-ring (bicyclic) bond motifs is 1. The molecule has 0 aromatic heterocycles. The summed E-state index contributed by atoms with van der Waals surface area (Å²) in [7, 11) is -3.28. The van der Waals surface area contributed by atoms with Crippen LogP contribution >= 0.6 is 0 Å². The van der Waals surface area contributed by atoms with Gasteiger partial charge in [0.1, 0.15) is 0 Å². The van der Waals surface area contributed by atoms with Crippen molar-refractivity contribution in [1.29, 1.82) is 0 Å². The van der Waals surface area contributed by atoms with E-state index in [-0.39, 0.29) is 5.41 Å². The molecule has 2 saturated carbocycles. The number of sulfonamides is 1. The number of nitrogens with one attached hydrogen (secondary N) is 1. The molecular formula is C26H34N2O3S. The minimum Gasteiger partial charge on any atom is -0.390 e. The van der Waals surface area contributed by atoms with Gasteiger partial charge in [-0.25, -0.2) is 8.42 Å². The van der Waals surface area contributed by atoms with E-state index in [1.165, 1.54) is 17.4 Å². The first-order valence-corrected chi connectivity index (χ1v) is 13.7. The van der Waals surface area contributed by atoms with E-state index in [0.29, 0.717) is 23.4 Å². The Bertz CT molecular complexity index is 1070. The van der Waals surface area contributed by atoms with Gasteiger partial charge in [0.25, 0.3) is 0 Å². The van der Waals surface area contributed by atoms with Gasteiger partial charge in [0, 0.05) is 30.7 Å². The van der Waals surface area contributed by atoms with Gasteiger partial charge in [-0.05, 0) is 66.7 Å². The molecule has 6 heteroatoms. The number of hydrogen-bond donors (Lipinski definition) is 2. The van der Waals surface area contributed by atoms with Gasteiger partial charge in [-0.2, -0.15) is 0 Å². The molecule has 2 aromatic rings. The molecule has 0 bridgehead atoms. The molecule has 3 aliphatic rings. The van der Waals surface area contributed by atoms with Crippen LogP contribution in [0.1, 0.15) is 49.7 Å². The van der Waals surface area contributed by atoms with Gasteiger partial charge in [0.05, 0.1) is 11.9 Å². The number of benzene rings is 2. The van der Waals surface area contributed by atoms with Gasteiger partial charge in [0.2, 0.25) is 10.0 Å². The second-order valence-electron chi connectivity index (χ2n) is 10.3. The summed E-state index contributed by atoms with van der Waals surface area (Å²) in [5, 5.41) is 10.9. The Balaban J connectivity index is 1.16. The van der Waals surface area contributed by atoms with E-state index in [9.17, 15) is 13.5 Å². The van der Waals surface area contributed by atoms with Crippen molar-refractivity contribution in [2.24, 2.45) is 11.8 Å². The summed E-state index contributed by atoms with van der Waals surface area (Å²) >= 11 is 0. The van der Waals surface area contributed by atoms with Gasteiger partial charge < -0.3 is 10.0 Å². The largest absolute Gasteiger partial charge is 0.390 e. The standard InChI is InChI=1S/C26H34N2O3S/c1-3-26(21-10-7-11-22(14-21)27-32(2,30)31)23-17-28(18-24(23)26)13-12-25(29)15-20(16-25)19-8-5-4-6-9-19/h4-11,14,20,23-24,27,29H,3,12-13,15-18H2,1-2H3. The van der Waals surface area contributed by atoms with Crippen LogP contribution in [0.15, 0.2) is 54.6 Å². The van der Waals surface area contributed by atoms with Crippen LogP contribution in [0.4, 0.5) is 5.69 Å². The van der Waals surface area contributed by atoms with Crippen LogP contribution < -0.4 is 4.72 Å². The molecule has 2 N–H and O–H groups in total. The predicted molar refractivity (Wildman–Crippen MR) is 128 cm³/mol. The third-order valence-electron chi connectivity index (χ3n) is 8.32. The lowest BCUT2D eigenvalue weighted by molar-refractivity contribution is -0.0607. The molecule has 1 aliphatic heterocycles. The Morgan fingerprint density at radius 1 is 1.06 bits per heavy atom. The van der Waals surface area contributed by atoms with Crippen molar-refractivity contribution in [3.63, 3.8) is 0 Å². The van der Waals surface area contributed by atoms with E-state index >= 15 is 0 Å². The number of hydrogen-bond acceptors (Lipinski definition) is 4. The number of nitrogens with zero attached hydrogens (tertiary/aromatic N) is 1. The molecular weight excluding hydrogens is 420 g/mol. The second kappa shape index (κ2) is 7.86. The molecule has 5 rings (SSSR count). The first kappa shape index (κ1) is 21.9. The van der Waals surface area contributed by atoms with Crippen molar-refractivity contribution >= 4 is 15.7 Å². The lowest BCUT2D eigenvalue weighted by Crippen LogP contribution is -2.45. The zero-order valence-corrected chi connectivity index (χ0v) is 19.8. The van der Waals surface area contributed by atoms with Crippen molar-refractivity contribution in [1.82, 2.24) is 4.90 Å². The highest BCUT2D eigenvalue weighted by atomic mass is 32.2. The summed E-state index contributed by atoms with van der Waals surface area (Å²) in [4.78, 5) is 2.52. The fourth-order valence-electron chi connectivity index (χ4n) is 6.63. The van der Waals surface area contributed by atoms with Crippen LogP contribution in [0, 0.1) is 11.8 Å². The molecule has 2 atom stereocenters. The third-order valence-corrected chi connectivity index (χ3v) is 8.92.